The van der Waals surface area contributed by atoms with Gasteiger partial charge in [0.15, 0.2) is 0 Å². The molecule has 6 nitrogen and oxygen atoms in total. The highest BCUT2D eigenvalue weighted by atomic mass is 16.5. The predicted octanol–water partition coefficient (Wildman–Crippen LogP) is 1.50. The number of carbonyl (C=O) groups excluding carboxylic acids is 2. The molecule has 2 aliphatic heterocycles. The summed E-state index contributed by atoms with van der Waals surface area (Å²) in [5.41, 5.74) is 3.35. The molecule has 0 aromatic heterocycles. The Bertz CT molecular complexity index is 853. The molecule has 2 aromatic rings. The highest BCUT2D eigenvalue weighted by Crippen LogP contribution is 2.43. The van der Waals surface area contributed by atoms with Crippen LogP contribution in [0.5, 0.6) is 0 Å². The fraction of sp³-hybridized carbons (Fsp3) is 0.364. The normalized spacial score (nSPS) is 23.9. The Morgan fingerprint density at radius 1 is 1.11 bits per heavy atom. The zero-order valence-corrected chi connectivity index (χ0v) is 15.8. The Morgan fingerprint density at radius 3 is 2.43 bits per heavy atom. The van der Waals surface area contributed by atoms with Gasteiger partial charge in [0.25, 0.3) is 0 Å². The molecule has 28 heavy (non-hydrogen) atoms. The van der Waals surface area contributed by atoms with Gasteiger partial charge in [0.05, 0.1) is 25.2 Å². The van der Waals surface area contributed by atoms with Crippen LogP contribution < -0.4 is 0 Å². The van der Waals surface area contributed by atoms with Crippen LogP contribution in [-0.2, 0) is 14.3 Å². The van der Waals surface area contributed by atoms with Gasteiger partial charge in [-0.3, -0.25) is 9.59 Å². The molecular weight excluding hydrogens is 356 g/mol. The SMILES string of the molecule is COCC(=O)N1CC(=O)N2[C@@H](CO)[C@H](c3ccc(-c4ccccc4)cc3)[C@@H]2C1. The fourth-order valence-corrected chi connectivity index (χ4v) is 4.43. The van der Waals surface area contributed by atoms with E-state index in [1.807, 2.05) is 18.2 Å². The fourth-order valence-electron chi connectivity index (χ4n) is 4.43. The number of hydrogen-bond acceptors (Lipinski definition) is 4. The van der Waals surface area contributed by atoms with Crippen molar-refractivity contribution in [1.82, 2.24) is 9.80 Å². The Balaban J connectivity index is 1.56. The molecule has 4 rings (SSSR count). The number of fused-ring (bicyclic) bond motifs is 1. The van der Waals surface area contributed by atoms with Crippen molar-refractivity contribution in [2.75, 3.05) is 33.4 Å². The summed E-state index contributed by atoms with van der Waals surface area (Å²) in [5, 5.41) is 9.87. The highest BCUT2D eigenvalue weighted by Gasteiger charge is 2.54. The van der Waals surface area contributed by atoms with Crippen LogP contribution in [0.2, 0.25) is 0 Å². The number of hydrogen-bond donors (Lipinski definition) is 1. The molecule has 146 valence electrons. The van der Waals surface area contributed by atoms with Gasteiger partial charge in [0, 0.05) is 19.6 Å². The van der Waals surface area contributed by atoms with E-state index in [9.17, 15) is 14.7 Å². The number of amides is 2. The molecule has 2 amide bonds. The van der Waals surface area contributed by atoms with Gasteiger partial charge in [-0.15, -0.1) is 0 Å². The van der Waals surface area contributed by atoms with Gasteiger partial charge in [-0.2, -0.15) is 0 Å². The third-order valence-electron chi connectivity index (χ3n) is 5.78. The zero-order valence-electron chi connectivity index (χ0n) is 15.8. The van der Waals surface area contributed by atoms with E-state index < -0.39 is 0 Å². The second kappa shape index (κ2) is 7.73. The van der Waals surface area contributed by atoms with E-state index in [1.54, 1.807) is 9.80 Å². The first-order chi connectivity index (χ1) is 13.6. The van der Waals surface area contributed by atoms with Crippen molar-refractivity contribution in [3.05, 3.63) is 60.2 Å². The molecule has 0 radical (unpaired) electrons. The summed E-state index contributed by atoms with van der Waals surface area (Å²) in [6.07, 6.45) is 0. The average Bonchev–Trinajstić information content (AvgIpc) is 2.71. The number of nitrogens with zero attached hydrogens (tertiary/aromatic N) is 2. The van der Waals surface area contributed by atoms with E-state index in [2.05, 4.69) is 36.4 Å². The number of ether oxygens (including phenoxy) is 1. The maximum Gasteiger partial charge on any atom is 0.249 e. The first-order valence-corrected chi connectivity index (χ1v) is 9.48. The summed E-state index contributed by atoms with van der Waals surface area (Å²) in [4.78, 5) is 28.0. The van der Waals surface area contributed by atoms with Crippen LogP contribution in [0.1, 0.15) is 11.5 Å². The van der Waals surface area contributed by atoms with Crippen LogP contribution in [0, 0.1) is 0 Å². The lowest BCUT2D eigenvalue weighted by molar-refractivity contribution is -0.168. The topological polar surface area (TPSA) is 70.1 Å². The van der Waals surface area contributed by atoms with Crippen molar-refractivity contribution in [1.29, 1.82) is 0 Å². The second-order valence-corrected chi connectivity index (χ2v) is 7.34. The molecule has 2 aromatic carbocycles. The van der Waals surface area contributed by atoms with Crippen LogP contribution in [0.4, 0.5) is 0 Å². The predicted molar refractivity (Wildman–Crippen MR) is 105 cm³/mol. The van der Waals surface area contributed by atoms with E-state index in [-0.39, 0.29) is 49.6 Å². The summed E-state index contributed by atoms with van der Waals surface area (Å²) in [6, 6.07) is 18.1. The molecule has 6 heteroatoms. The molecule has 2 fully saturated rings. The smallest absolute Gasteiger partial charge is 0.249 e. The summed E-state index contributed by atoms with van der Waals surface area (Å²) in [5.74, 6) is -0.282. The van der Waals surface area contributed by atoms with E-state index in [4.69, 9.17) is 4.74 Å². The molecule has 2 saturated heterocycles. The maximum atomic E-state index is 12.5. The third kappa shape index (κ3) is 3.19. The van der Waals surface area contributed by atoms with Crippen LogP contribution in [0.15, 0.2) is 54.6 Å². The molecule has 3 atom stereocenters. The Kier molecular flexibility index (Phi) is 5.15. The molecule has 2 heterocycles. The van der Waals surface area contributed by atoms with Crippen LogP contribution in [0.25, 0.3) is 11.1 Å². The van der Waals surface area contributed by atoms with Crippen molar-refractivity contribution in [2.24, 2.45) is 0 Å². The number of aliphatic hydroxyl groups is 1. The summed E-state index contributed by atoms with van der Waals surface area (Å²) >= 11 is 0. The third-order valence-corrected chi connectivity index (χ3v) is 5.78. The number of piperazine rings is 1. The number of aliphatic hydroxyl groups excluding tert-OH is 1. The van der Waals surface area contributed by atoms with Crippen molar-refractivity contribution in [3.8, 4) is 11.1 Å². The molecule has 0 aliphatic carbocycles. The minimum absolute atomic E-state index is 0.0110. The Morgan fingerprint density at radius 2 is 1.79 bits per heavy atom. The first-order valence-electron chi connectivity index (χ1n) is 9.48. The van der Waals surface area contributed by atoms with Crippen molar-refractivity contribution >= 4 is 11.8 Å². The Hall–Kier alpha value is -2.70. The lowest BCUT2D eigenvalue weighted by Gasteiger charge is -2.58. The van der Waals surface area contributed by atoms with Gasteiger partial charge in [0.1, 0.15) is 6.61 Å². The number of benzene rings is 2. The minimum atomic E-state index is -0.236. The Labute approximate surface area is 164 Å². The lowest BCUT2D eigenvalue weighted by Crippen LogP contribution is -2.73. The molecule has 1 N–H and O–H groups in total. The molecule has 2 aliphatic rings. The van der Waals surface area contributed by atoms with E-state index in [0.717, 1.165) is 16.7 Å². The number of carbonyl (C=O) groups is 2. The minimum Gasteiger partial charge on any atom is -0.394 e. The lowest BCUT2D eigenvalue weighted by atomic mass is 9.73. The van der Waals surface area contributed by atoms with Gasteiger partial charge in [-0.1, -0.05) is 54.6 Å². The van der Waals surface area contributed by atoms with Crippen molar-refractivity contribution < 1.29 is 19.4 Å². The van der Waals surface area contributed by atoms with Gasteiger partial charge < -0.3 is 19.6 Å². The summed E-state index contributed by atoms with van der Waals surface area (Å²) in [7, 11) is 1.47. The van der Waals surface area contributed by atoms with E-state index >= 15 is 0 Å². The van der Waals surface area contributed by atoms with Crippen LogP contribution in [0.3, 0.4) is 0 Å². The van der Waals surface area contributed by atoms with Crippen molar-refractivity contribution in [2.45, 2.75) is 18.0 Å². The first kappa shape index (κ1) is 18.7. The number of rotatable bonds is 5. The van der Waals surface area contributed by atoms with Crippen LogP contribution in [-0.4, -0.2) is 72.2 Å². The quantitative estimate of drug-likeness (QED) is 0.854. The zero-order chi connectivity index (χ0) is 19.7. The highest BCUT2D eigenvalue weighted by molar-refractivity contribution is 5.88. The maximum absolute atomic E-state index is 12.5. The molecule has 0 saturated carbocycles. The van der Waals surface area contributed by atoms with Gasteiger partial charge in [-0.25, -0.2) is 0 Å². The molecule has 0 spiro atoms. The monoisotopic (exact) mass is 380 g/mol. The van der Waals surface area contributed by atoms with Crippen LogP contribution >= 0.6 is 0 Å². The van der Waals surface area contributed by atoms with E-state index in [0.29, 0.717) is 6.54 Å². The second-order valence-electron chi connectivity index (χ2n) is 7.34. The van der Waals surface area contributed by atoms with Gasteiger partial charge in [0.2, 0.25) is 11.8 Å². The largest absolute Gasteiger partial charge is 0.394 e. The summed E-state index contributed by atoms with van der Waals surface area (Å²) in [6.45, 7) is 0.406. The standard InChI is InChI=1S/C22H24N2O4/c1-28-14-21(27)23-11-18-22(19(13-25)24(18)20(26)12-23)17-9-7-16(8-10-17)15-5-3-2-4-6-15/h2-10,18-19,22,25H,11-14H2,1H3/t18-,19-,22+/m0/s1. The van der Waals surface area contributed by atoms with E-state index in [1.165, 1.54) is 7.11 Å². The van der Waals surface area contributed by atoms with Crippen molar-refractivity contribution in [3.63, 3.8) is 0 Å². The average molecular weight is 380 g/mol. The van der Waals surface area contributed by atoms with Gasteiger partial charge in [-0.05, 0) is 16.7 Å². The van der Waals surface area contributed by atoms with Gasteiger partial charge >= 0.3 is 0 Å². The summed E-state index contributed by atoms with van der Waals surface area (Å²) < 4.78 is 4.93. The number of methoxy groups -OCH3 is 1. The molecular formula is C22H24N2O4. The molecule has 0 bridgehead atoms. The molecule has 0 unspecified atom stereocenters.